The molecule has 0 spiro atoms. The van der Waals surface area contributed by atoms with Gasteiger partial charge in [-0.3, -0.25) is 13.9 Å². The first kappa shape index (κ1) is 19.2. The summed E-state index contributed by atoms with van der Waals surface area (Å²) in [5, 5.41) is 15.1. The number of nitriles is 1. The first-order valence-corrected chi connectivity index (χ1v) is 9.00. The Labute approximate surface area is 161 Å². The lowest BCUT2D eigenvalue weighted by atomic mass is 10.0. The largest absolute Gasteiger partial charge is 0.356 e. The van der Waals surface area contributed by atoms with Gasteiger partial charge in [0, 0.05) is 38.9 Å². The third-order valence-corrected chi connectivity index (χ3v) is 4.91. The number of aromatic nitrogens is 2. The van der Waals surface area contributed by atoms with Crippen LogP contribution in [0, 0.1) is 11.3 Å². The molecule has 1 fully saturated rings. The average molecular weight is 382 g/mol. The molecule has 1 saturated heterocycles. The molecule has 1 aromatic carbocycles. The van der Waals surface area contributed by atoms with E-state index in [9.17, 15) is 19.6 Å². The highest BCUT2D eigenvalue weighted by atomic mass is 16.2. The molecule has 2 heterocycles. The molecule has 0 atom stereocenters. The highest BCUT2D eigenvalue weighted by molar-refractivity contribution is 5.89. The molecular weight excluding hydrogens is 360 g/mol. The van der Waals surface area contributed by atoms with Crippen molar-refractivity contribution in [2.75, 3.05) is 23.3 Å². The molecule has 2 amide bonds. The summed E-state index contributed by atoms with van der Waals surface area (Å²) in [7, 11) is 2.91. The Balaban J connectivity index is 1.68. The van der Waals surface area contributed by atoms with Gasteiger partial charge in [-0.15, -0.1) is 0 Å². The molecule has 2 aromatic rings. The normalized spacial score (nSPS) is 14.4. The minimum absolute atomic E-state index is 0.0333. The minimum atomic E-state index is -0.594. The van der Waals surface area contributed by atoms with Gasteiger partial charge in [0.15, 0.2) is 5.56 Å². The second kappa shape index (κ2) is 8.00. The number of nitrogens with zero attached hydrogens (tertiary/aromatic N) is 4. The molecule has 0 aliphatic carbocycles. The van der Waals surface area contributed by atoms with Crippen molar-refractivity contribution < 1.29 is 4.79 Å². The predicted molar refractivity (Wildman–Crippen MR) is 105 cm³/mol. The zero-order chi connectivity index (χ0) is 20.3. The highest BCUT2D eigenvalue weighted by Gasteiger charge is 2.26. The number of hydrogen-bond donors (Lipinski definition) is 2. The maximum absolute atomic E-state index is 12.3. The van der Waals surface area contributed by atoms with Gasteiger partial charge in [-0.1, -0.05) is 18.2 Å². The molecule has 3 rings (SSSR count). The fourth-order valence-corrected chi connectivity index (χ4v) is 3.41. The van der Waals surface area contributed by atoms with Crippen molar-refractivity contribution in [2.45, 2.75) is 18.9 Å². The maximum atomic E-state index is 12.3. The summed E-state index contributed by atoms with van der Waals surface area (Å²) >= 11 is 0. The SMILES string of the molecule is Cn1c(N2CCC(NC(=O)Nc3ccccc3)CC2)c(C#N)c(=O)n(C)c1=O. The third kappa shape index (κ3) is 3.76. The van der Waals surface area contributed by atoms with Crippen LogP contribution in [-0.2, 0) is 14.1 Å². The quantitative estimate of drug-likeness (QED) is 0.813. The number of hydrogen-bond acceptors (Lipinski definition) is 5. The lowest BCUT2D eigenvalue weighted by molar-refractivity contribution is 0.246. The van der Waals surface area contributed by atoms with Crippen molar-refractivity contribution in [3.63, 3.8) is 0 Å². The van der Waals surface area contributed by atoms with Gasteiger partial charge < -0.3 is 15.5 Å². The van der Waals surface area contributed by atoms with Crippen LogP contribution in [0.15, 0.2) is 39.9 Å². The number of rotatable bonds is 3. The second-order valence-corrected chi connectivity index (χ2v) is 6.74. The molecule has 0 saturated carbocycles. The molecule has 0 bridgehead atoms. The van der Waals surface area contributed by atoms with Crippen molar-refractivity contribution in [3.05, 3.63) is 56.7 Å². The summed E-state index contributed by atoms with van der Waals surface area (Å²) in [5.41, 5.74) is -0.395. The number of para-hydroxylation sites is 1. The summed E-state index contributed by atoms with van der Waals surface area (Å²) in [6, 6.07) is 10.8. The van der Waals surface area contributed by atoms with E-state index in [0.717, 1.165) is 4.57 Å². The van der Waals surface area contributed by atoms with E-state index in [1.54, 1.807) is 7.05 Å². The number of benzene rings is 1. The number of piperidine rings is 1. The Morgan fingerprint density at radius 2 is 1.75 bits per heavy atom. The molecule has 1 aliphatic rings. The monoisotopic (exact) mass is 382 g/mol. The van der Waals surface area contributed by atoms with Crippen molar-refractivity contribution in [1.82, 2.24) is 14.5 Å². The maximum Gasteiger partial charge on any atom is 0.332 e. The van der Waals surface area contributed by atoms with Crippen LogP contribution in [-0.4, -0.2) is 34.3 Å². The van der Waals surface area contributed by atoms with Gasteiger partial charge in [-0.05, 0) is 25.0 Å². The minimum Gasteiger partial charge on any atom is -0.356 e. The summed E-state index contributed by atoms with van der Waals surface area (Å²) < 4.78 is 2.26. The molecule has 9 heteroatoms. The van der Waals surface area contributed by atoms with Crippen LogP contribution in [0.2, 0.25) is 0 Å². The van der Waals surface area contributed by atoms with Crippen LogP contribution < -0.4 is 26.8 Å². The van der Waals surface area contributed by atoms with Crippen LogP contribution in [0.5, 0.6) is 0 Å². The van der Waals surface area contributed by atoms with Crippen LogP contribution in [0.4, 0.5) is 16.3 Å². The van der Waals surface area contributed by atoms with Crippen LogP contribution in [0.1, 0.15) is 18.4 Å². The van der Waals surface area contributed by atoms with E-state index in [2.05, 4.69) is 10.6 Å². The fourth-order valence-electron chi connectivity index (χ4n) is 3.41. The molecule has 0 radical (unpaired) electrons. The van der Waals surface area contributed by atoms with Crippen LogP contribution >= 0.6 is 0 Å². The molecule has 0 unspecified atom stereocenters. The van der Waals surface area contributed by atoms with Crippen LogP contribution in [0.25, 0.3) is 0 Å². The molecule has 146 valence electrons. The van der Waals surface area contributed by atoms with Gasteiger partial charge in [-0.25, -0.2) is 9.59 Å². The van der Waals surface area contributed by atoms with E-state index in [4.69, 9.17) is 0 Å². The number of carbonyl (C=O) groups is 1. The number of carbonyl (C=O) groups excluding carboxylic acids is 1. The lowest BCUT2D eigenvalue weighted by Gasteiger charge is -2.34. The van der Waals surface area contributed by atoms with E-state index in [-0.39, 0.29) is 17.6 Å². The third-order valence-electron chi connectivity index (χ3n) is 4.91. The topological polar surface area (TPSA) is 112 Å². The van der Waals surface area contributed by atoms with Gasteiger partial charge in [-0.2, -0.15) is 5.26 Å². The Kier molecular flexibility index (Phi) is 5.49. The zero-order valence-corrected chi connectivity index (χ0v) is 15.8. The van der Waals surface area contributed by atoms with Crippen molar-refractivity contribution in [1.29, 1.82) is 5.26 Å². The molecular formula is C19H22N6O3. The predicted octanol–water partition coefficient (Wildman–Crippen LogP) is 0.746. The van der Waals surface area contributed by atoms with E-state index in [1.807, 2.05) is 41.3 Å². The van der Waals surface area contributed by atoms with E-state index >= 15 is 0 Å². The van der Waals surface area contributed by atoms with Crippen molar-refractivity contribution >= 4 is 17.5 Å². The van der Waals surface area contributed by atoms with E-state index in [1.165, 1.54) is 11.6 Å². The molecule has 9 nitrogen and oxygen atoms in total. The highest BCUT2D eigenvalue weighted by Crippen LogP contribution is 2.20. The summed E-state index contributed by atoms with van der Waals surface area (Å²) in [6.07, 6.45) is 1.27. The number of anilines is 2. The van der Waals surface area contributed by atoms with Gasteiger partial charge in [0.1, 0.15) is 11.9 Å². The Morgan fingerprint density at radius 3 is 2.36 bits per heavy atom. The number of urea groups is 1. The van der Waals surface area contributed by atoms with E-state index < -0.39 is 11.2 Å². The molecule has 28 heavy (non-hydrogen) atoms. The zero-order valence-electron chi connectivity index (χ0n) is 15.8. The Morgan fingerprint density at radius 1 is 1.11 bits per heavy atom. The second-order valence-electron chi connectivity index (χ2n) is 6.74. The molecule has 2 N–H and O–H groups in total. The van der Waals surface area contributed by atoms with Gasteiger partial charge in [0.25, 0.3) is 5.56 Å². The van der Waals surface area contributed by atoms with Crippen LogP contribution in [0.3, 0.4) is 0 Å². The van der Waals surface area contributed by atoms with Crippen molar-refractivity contribution in [3.8, 4) is 6.07 Å². The summed E-state index contributed by atoms with van der Waals surface area (Å²) in [5.74, 6) is 0.336. The first-order chi connectivity index (χ1) is 13.4. The first-order valence-electron chi connectivity index (χ1n) is 9.00. The smallest absolute Gasteiger partial charge is 0.332 e. The van der Waals surface area contributed by atoms with Crippen molar-refractivity contribution in [2.24, 2.45) is 14.1 Å². The standard InChI is InChI=1S/C19H22N6O3/c1-23-16(15(12-20)17(26)24(2)19(23)28)25-10-8-14(9-11-25)22-18(27)21-13-6-4-3-5-7-13/h3-7,14H,8-11H2,1-2H3,(H2,21,22,27). The summed E-state index contributed by atoms with van der Waals surface area (Å²) in [4.78, 5) is 38.5. The Bertz CT molecular complexity index is 1030. The van der Waals surface area contributed by atoms with Gasteiger partial charge >= 0.3 is 11.7 Å². The van der Waals surface area contributed by atoms with Gasteiger partial charge in [0.05, 0.1) is 0 Å². The molecule has 1 aliphatic heterocycles. The molecule has 1 aromatic heterocycles. The number of nitrogens with one attached hydrogen (secondary N) is 2. The van der Waals surface area contributed by atoms with E-state index in [0.29, 0.717) is 37.4 Å². The average Bonchev–Trinajstić information content (AvgIpc) is 2.70. The number of amides is 2. The Hall–Kier alpha value is -3.54. The van der Waals surface area contributed by atoms with Gasteiger partial charge in [0.2, 0.25) is 0 Å². The lowest BCUT2D eigenvalue weighted by Crippen LogP contribution is -2.49. The fraction of sp³-hybridized carbons (Fsp3) is 0.368. The summed E-state index contributed by atoms with van der Waals surface area (Å²) in [6.45, 7) is 1.04.